The summed E-state index contributed by atoms with van der Waals surface area (Å²) in [4.78, 5) is 12.3. The number of hydrogen-bond donors (Lipinski definition) is 0. The molecule has 1 aliphatic rings. The lowest BCUT2D eigenvalue weighted by Gasteiger charge is -2.28. The van der Waals surface area contributed by atoms with Crippen LogP contribution in [0.15, 0.2) is 24.3 Å². The van der Waals surface area contributed by atoms with Gasteiger partial charge < -0.3 is 0 Å². The van der Waals surface area contributed by atoms with Crippen LogP contribution in [0.25, 0.3) is 0 Å². The van der Waals surface area contributed by atoms with Gasteiger partial charge in [-0.05, 0) is 62.0 Å². The van der Waals surface area contributed by atoms with Crippen molar-refractivity contribution in [2.45, 2.75) is 90.4 Å². The van der Waals surface area contributed by atoms with Gasteiger partial charge >= 0.3 is 0 Å². The highest BCUT2D eigenvalue weighted by Gasteiger charge is 2.26. The molecular weight excluding hydrogens is 280 g/mol. The van der Waals surface area contributed by atoms with E-state index in [4.69, 9.17) is 0 Å². The highest BCUT2D eigenvalue weighted by molar-refractivity contribution is 5.81. The Labute approximate surface area is 142 Å². The first kappa shape index (κ1) is 18.2. The van der Waals surface area contributed by atoms with Crippen LogP contribution in [0.5, 0.6) is 0 Å². The van der Waals surface area contributed by atoms with Crippen molar-refractivity contribution >= 4 is 5.78 Å². The Hall–Kier alpha value is -1.11. The highest BCUT2D eigenvalue weighted by atomic mass is 16.1. The van der Waals surface area contributed by atoms with Gasteiger partial charge in [0.25, 0.3) is 0 Å². The quantitative estimate of drug-likeness (QED) is 0.478. The van der Waals surface area contributed by atoms with Crippen molar-refractivity contribution < 1.29 is 4.79 Å². The molecule has 1 nitrogen and oxygen atoms in total. The van der Waals surface area contributed by atoms with Crippen LogP contribution in [0.2, 0.25) is 0 Å². The molecule has 0 bridgehead atoms. The van der Waals surface area contributed by atoms with E-state index in [0.29, 0.717) is 17.6 Å². The Morgan fingerprint density at radius 3 is 2.17 bits per heavy atom. The summed E-state index contributed by atoms with van der Waals surface area (Å²) >= 11 is 0. The van der Waals surface area contributed by atoms with Crippen molar-refractivity contribution in [1.29, 1.82) is 0 Å². The maximum Gasteiger partial charge on any atom is 0.135 e. The van der Waals surface area contributed by atoms with E-state index in [9.17, 15) is 4.79 Å². The monoisotopic (exact) mass is 314 g/mol. The normalized spacial score (nSPS) is 21.3. The largest absolute Gasteiger partial charge is 0.299 e. The van der Waals surface area contributed by atoms with Gasteiger partial charge in [0.1, 0.15) is 5.78 Å². The number of Topliss-reactive ketones (excluding diaryl/α,β-unsaturated/α-hetero) is 1. The predicted molar refractivity (Wildman–Crippen MR) is 98.9 cm³/mol. The van der Waals surface area contributed by atoms with Crippen molar-refractivity contribution in [2.75, 3.05) is 0 Å². The number of rotatable bonds is 9. The molecule has 0 aromatic heterocycles. The molecule has 0 aliphatic heterocycles. The summed E-state index contributed by atoms with van der Waals surface area (Å²) in [6.45, 7) is 4.44. The predicted octanol–water partition coefficient (Wildman–Crippen LogP) is 6.45. The fraction of sp³-hybridized carbons (Fsp3) is 0.682. The molecule has 0 atom stereocenters. The van der Waals surface area contributed by atoms with Crippen LogP contribution in [-0.4, -0.2) is 5.78 Å². The van der Waals surface area contributed by atoms with Gasteiger partial charge in [0.2, 0.25) is 0 Å². The van der Waals surface area contributed by atoms with Crippen molar-refractivity contribution in [2.24, 2.45) is 5.92 Å². The summed E-state index contributed by atoms with van der Waals surface area (Å²) in [7, 11) is 0. The average Bonchev–Trinajstić information content (AvgIpc) is 2.61. The van der Waals surface area contributed by atoms with Gasteiger partial charge in [-0.15, -0.1) is 0 Å². The van der Waals surface area contributed by atoms with Crippen LogP contribution < -0.4 is 0 Å². The summed E-state index contributed by atoms with van der Waals surface area (Å²) in [6.07, 6.45) is 12.7. The van der Waals surface area contributed by atoms with Crippen LogP contribution >= 0.6 is 0 Å². The molecule has 0 radical (unpaired) electrons. The molecule has 1 fully saturated rings. The van der Waals surface area contributed by atoms with Gasteiger partial charge in [0.05, 0.1) is 0 Å². The van der Waals surface area contributed by atoms with Crippen molar-refractivity contribution in [1.82, 2.24) is 0 Å². The molecule has 0 saturated heterocycles. The number of hydrogen-bond acceptors (Lipinski definition) is 1. The molecule has 0 unspecified atom stereocenters. The second kappa shape index (κ2) is 9.90. The maximum atomic E-state index is 12.3. The SMILES string of the molecule is CCCCCC(=O)C1CCC(c2ccc(CCCC)cc2)CC1. The zero-order chi connectivity index (χ0) is 16.5. The van der Waals surface area contributed by atoms with Crippen LogP contribution in [0.3, 0.4) is 0 Å². The molecule has 0 amide bonds. The number of aryl methyl sites for hydroxylation is 1. The molecule has 1 aromatic carbocycles. The zero-order valence-electron chi connectivity index (χ0n) is 15.2. The second-order valence-electron chi connectivity index (χ2n) is 7.32. The number of ketones is 1. The Kier molecular flexibility index (Phi) is 7.85. The third-order valence-corrected chi connectivity index (χ3v) is 5.48. The third kappa shape index (κ3) is 5.79. The van der Waals surface area contributed by atoms with Gasteiger partial charge in [-0.3, -0.25) is 4.79 Å². The summed E-state index contributed by atoms with van der Waals surface area (Å²) in [6, 6.07) is 9.29. The van der Waals surface area contributed by atoms with Gasteiger partial charge in [0, 0.05) is 12.3 Å². The molecule has 128 valence electrons. The minimum atomic E-state index is 0.354. The minimum Gasteiger partial charge on any atom is -0.299 e. The van der Waals surface area contributed by atoms with E-state index in [-0.39, 0.29) is 0 Å². The molecule has 0 spiro atoms. The van der Waals surface area contributed by atoms with Crippen molar-refractivity contribution in [3.63, 3.8) is 0 Å². The number of unbranched alkanes of at least 4 members (excludes halogenated alkanes) is 3. The first-order valence-electron chi connectivity index (χ1n) is 9.86. The van der Waals surface area contributed by atoms with E-state index >= 15 is 0 Å². The van der Waals surface area contributed by atoms with E-state index in [0.717, 1.165) is 25.7 Å². The van der Waals surface area contributed by atoms with E-state index < -0.39 is 0 Å². The summed E-state index contributed by atoms with van der Waals surface area (Å²) in [5.41, 5.74) is 2.96. The van der Waals surface area contributed by atoms with Crippen LogP contribution in [-0.2, 0) is 11.2 Å². The Bertz CT molecular complexity index is 451. The summed E-state index contributed by atoms with van der Waals surface area (Å²) in [5.74, 6) is 1.56. The van der Waals surface area contributed by atoms with E-state index in [2.05, 4.69) is 38.1 Å². The van der Waals surface area contributed by atoms with Gasteiger partial charge in [0.15, 0.2) is 0 Å². The smallest absolute Gasteiger partial charge is 0.135 e. The first-order chi connectivity index (χ1) is 11.2. The van der Waals surface area contributed by atoms with E-state index in [1.165, 1.54) is 56.1 Å². The standard InChI is InChI=1S/C22H34O/c1-3-5-7-9-22(23)21-16-14-20(15-17-21)19-12-10-18(11-13-19)8-6-4-2/h10-13,20-21H,3-9,14-17H2,1-2H3. The third-order valence-electron chi connectivity index (χ3n) is 5.48. The molecule has 0 N–H and O–H groups in total. The van der Waals surface area contributed by atoms with Crippen LogP contribution in [0, 0.1) is 5.92 Å². The van der Waals surface area contributed by atoms with Crippen LogP contribution in [0.1, 0.15) is 95.1 Å². The van der Waals surface area contributed by atoms with Gasteiger partial charge in [-0.25, -0.2) is 0 Å². The molecule has 1 aromatic rings. The molecule has 23 heavy (non-hydrogen) atoms. The number of carbonyl (C=O) groups excluding carboxylic acids is 1. The lowest BCUT2D eigenvalue weighted by atomic mass is 9.76. The lowest BCUT2D eigenvalue weighted by molar-refractivity contribution is -0.124. The van der Waals surface area contributed by atoms with E-state index in [1.54, 1.807) is 0 Å². The summed E-state index contributed by atoms with van der Waals surface area (Å²) < 4.78 is 0. The second-order valence-corrected chi connectivity index (χ2v) is 7.32. The Morgan fingerprint density at radius 1 is 0.913 bits per heavy atom. The van der Waals surface area contributed by atoms with Crippen LogP contribution in [0.4, 0.5) is 0 Å². The topological polar surface area (TPSA) is 17.1 Å². The zero-order valence-corrected chi connectivity index (χ0v) is 15.2. The van der Waals surface area contributed by atoms with Gasteiger partial charge in [-0.2, -0.15) is 0 Å². The Balaban J connectivity index is 1.78. The minimum absolute atomic E-state index is 0.354. The average molecular weight is 315 g/mol. The maximum absolute atomic E-state index is 12.3. The number of benzene rings is 1. The first-order valence-corrected chi connectivity index (χ1v) is 9.86. The van der Waals surface area contributed by atoms with Crippen molar-refractivity contribution in [3.05, 3.63) is 35.4 Å². The Morgan fingerprint density at radius 2 is 1.57 bits per heavy atom. The molecule has 0 heterocycles. The summed E-state index contributed by atoms with van der Waals surface area (Å²) in [5, 5.41) is 0. The van der Waals surface area contributed by atoms with E-state index in [1.807, 2.05) is 0 Å². The number of carbonyl (C=O) groups is 1. The lowest BCUT2D eigenvalue weighted by Crippen LogP contribution is -2.21. The molecule has 1 aliphatic carbocycles. The molecule has 2 rings (SSSR count). The fourth-order valence-electron chi connectivity index (χ4n) is 3.84. The molecular formula is C22H34O. The fourth-order valence-corrected chi connectivity index (χ4v) is 3.84. The molecule has 1 heteroatoms. The van der Waals surface area contributed by atoms with Crippen molar-refractivity contribution in [3.8, 4) is 0 Å². The van der Waals surface area contributed by atoms with Gasteiger partial charge in [-0.1, -0.05) is 57.4 Å². The highest BCUT2D eigenvalue weighted by Crippen LogP contribution is 2.36. The molecule has 1 saturated carbocycles.